The van der Waals surface area contributed by atoms with Gasteiger partial charge < -0.3 is 25.8 Å². The molecule has 7 nitrogen and oxygen atoms in total. The van der Waals surface area contributed by atoms with Gasteiger partial charge in [0.1, 0.15) is 12.2 Å². The van der Waals surface area contributed by atoms with Crippen LogP contribution in [0.3, 0.4) is 0 Å². The first-order valence-corrected chi connectivity index (χ1v) is 5.94. The summed E-state index contributed by atoms with van der Waals surface area (Å²) in [7, 11) is 0. The van der Waals surface area contributed by atoms with E-state index >= 15 is 0 Å². The summed E-state index contributed by atoms with van der Waals surface area (Å²) in [5.74, 6) is 0.816. The third kappa shape index (κ3) is 2.07. The molecule has 5 N–H and O–H groups in total. The van der Waals surface area contributed by atoms with Gasteiger partial charge in [0.25, 0.3) is 0 Å². The normalized spacial score (nSPS) is 33.0. The van der Waals surface area contributed by atoms with Crippen LogP contribution in [0.4, 0.5) is 10.2 Å². The van der Waals surface area contributed by atoms with Gasteiger partial charge >= 0.3 is 0 Å². The smallest absolute Gasteiger partial charge is 0.203 e. The Bertz CT molecular complexity index is 631. The highest BCUT2D eigenvalue weighted by Gasteiger charge is 2.54. The lowest BCUT2D eigenvalue weighted by molar-refractivity contribution is -0.0932. The standard InChI is InChI=1S/C11H12FN3O4S/c1-2-11(4-16)7(18)6(17)9(19-11)15-3-5(12)8(13)14-10(15)20/h1,3,6-7,9,16-18H,4H2,(H2,13,14,20)/t6-,7+,9+,11+/m0/s1. The molecule has 2 rings (SSSR count). The third-order valence-corrected chi connectivity index (χ3v) is 3.41. The topological polar surface area (TPSA) is 114 Å². The summed E-state index contributed by atoms with van der Waals surface area (Å²) < 4.78 is 19.6. The molecule has 0 aliphatic carbocycles. The van der Waals surface area contributed by atoms with Crippen LogP contribution in [0.25, 0.3) is 0 Å². The number of nitrogens with zero attached hydrogens (tertiary/aromatic N) is 2. The van der Waals surface area contributed by atoms with Crippen LogP contribution in [0.15, 0.2) is 6.20 Å². The molecule has 0 spiro atoms. The Balaban J connectivity index is 2.48. The first-order valence-electron chi connectivity index (χ1n) is 5.53. The molecule has 108 valence electrons. The van der Waals surface area contributed by atoms with Crippen LogP contribution in [0, 0.1) is 22.9 Å². The predicted molar refractivity (Wildman–Crippen MR) is 68.2 cm³/mol. The Morgan fingerprint density at radius 3 is 2.80 bits per heavy atom. The fraction of sp³-hybridized carbons (Fsp3) is 0.455. The zero-order chi connectivity index (χ0) is 15.1. The molecule has 4 atom stereocenters. The molecule has 0 bridgehead atoms. The van der Waals surface area contributed by atoms with Crippen molar-refractivity contribution in [2.24, 2.45) is 0 Å². The number of hydrogen-bond donors (Lipinski definition) is 4. The van der Waals surface area contributed by atoms with Crippen LogP contribution in [0.5, 0.6) is 0 Å². The van der Waals surface area contributed by atoms with Crippen LogP contribution >= 0.6 is 12.2 Å². The molecule has 0 aromatic carbocycles. The molecule has 1 saturated heterocycles. The van der Waals surface area contributed by atoms with Crippen LogP contribution in [-0.2, 0) is 4.74 Å². The van der Waals surface area contributed by atoms with E-state index in [4.69, 9.17) is 29.1 Å². The molecule has 0 saturated carbocycles. The molecule has 0 unspecified atom stereocenters. The van der Waals surface area contributed by atoms with Gasteiger partial charge in [-0.05, 0) is 12.2 Å². The molecule has 1 aromatic rings. The first-order chi connectivity index (χ1) is 9.36. The Kier molecular flexibility index (Phi) is 3.77. The first kappa shape index (κ1) is 14.8. The van der Waals surface area contributed by atoms with E-state index in [9.17, 15) is 19.7 Å². The second-order valence-corrected chi connectivity index (χ2v) is 4.66. The summed E-state index contributed by atoms with van der Waals surface area (Å²) in [6.45, 7) is -0.726. The van der Waals surface area contributed by atoms with Crippen molar-refractivity contribution in [3.05, 3.63) is 16.8 Å². The summed E-state index contributed by atoms with van der Waals surface area (Å²) in [6, 6.07) is 0. The summed E-state index contributed by atoms with van der Waals surface area (Å²) in [5.41, 5.74) is 3.47. The molecular weight excluding hydrogens is 289 g/mol. The van der Waals surface area contributed by atoms with Crippen molar-refractivity contribution < 1.29 is 24.4 Å². The number of nitrogens with two attached hydrogens (primary N) is 1. The van der Waals surface area contributed by atoms with Crippen molar-refractivity contribution >= 4 is 18.0 Å². The van der Waals surface area contributed by atoms with Crippen LogP contribution in [0.1, 0.15) is 6.23 Å². The van der Waals surface area contributed by atoms with Gasteiger partial charge in [0.05, 0.1) is 6.61 Å². The molecule has 1 aromatic heterocycles. The molecule has 0 radical (unpaired) electrons. The van der Waals surface area contributed by atoms with E-state index in [0.29, 0.717) is 0 Å². The van der Waals surface area contributed by atoms with E-state index in [-0.39, 0.29) is 4.77 Å². The van der Waals surface area contributed by atoms with Gasteiger partial charge in [-0.2, -0.15) is 4.98 Å². The zero-order valence-corrected chi connectivity index (χ0v) is 10.9. The number of halogens is 1. The average molecular weight is 301 g/mol. The van der Waals surface area contributed by atoms with Crippen molar-refractivity contribution in [1.82, 2.24) is 9.55 Å². The monoisotopic (exact) mass is 301 g/mol. The zero-order valence-electron chi connectivity index (χ0n) is 10.1. The highest BCUT2D eigenvalue weighted by atomic mass is 32.1. The fourth-order valence-electron chi connectivity index (χ4n) is 1.94. The lowest BCUT2D eigenvalue weighted by Gasteiger charge is -2.23. The van der Waals surface area contributed by atoms with Crippen molar-refractivity contribution in [2.45, 2.75) is 24.0 Å². The SMILES string of the molecule is C#C[C@]1(CO)O[C@@H](n2cc(F)c(N)nc2=S)[C@@H](O)[C@H]1O. The summed E-state index contributed by atoms with van der Waals surface area (Å²) in [6.07, 6.45) is 1.73. The van der Waals surface area contributed by atoms with Crippen molar-refractivity contribution in [3.63, 3.8) is 0 Å². The highest BCUT2D eigenvalue weighted by Crippen LogP contribution is 2.36. The van der Waals surface area contributed by atoms with Gasteiger partial charge in [0, 0.05) is 6.20 Å². The third-order valence-electron chi connectivity index (χ3n) is 3.11. The average Bonchev–Trinajstić information content (AvgIpc) is 2.68. The van der Waals surface area contributed by atoms with Gasteiger partial charge in [-0.15, -0.1) is 6.42 Å². The largest absolute Gasteiger partial charge is 0.392 e. The van der Waals surface area contributed by atoms with E-state index in [1.807, 2.05) is 0 Å². The lowest BCUT2D eigenvalue weighted by Crippen LogP contribution is -2.44. The fourth-order valence-corrected chi connectivity index (χ4v) is 2.20. The number of ether oxygens (including phenoxy) is 1. The highest BCUT2D eigenvalue weighted by molar-refractivity contribution is 7.71. The maximum absolute atomic E-state index is 13.4. The Morgan fingerprint density at radius 1 is 1.65 bits per heavy atom. The Hall–Kier alpha value is -1.57. The minimum Gasteiger partial charge on any atom is -0.392 e. The number of nitrogen functional groups attached to an aromatic ring is 1. The number of hydrogen-bond acceptors (Lipinski definition) is 7. The lowest BCUT2D eigenvalue weighted by atomic mass is 9.97. The van der Waals surface area contributed by atoms with Crippen LogP contribution in [0.2, 0.25) is 0 Å². The van der Waals surface area contributed by atoms with Crippen molar-refractivity contribution in [1.29, 1.82) is 0 Å². The Labute approximate surface area is 118 Å². The predicted octanol–water partition coefficient (Wildman–Crippen LogP) is -1.05. The molecular formula is C11H12FN3O4S. The van der Waals surface area contributed by atoms with Gasteiger partial charge in [-0.25, -0.2) is 4.39 Å². The minimum absolute atomic E-state index is 0.161. The maximum atomic E-state index is 13.4. The van der Waals surface area contributed by atoms with Crippen LogP contribution < -0.4 is 5.73 Å². The molecule has 0 amide bonds. The second kappa shape index (κ2) is 5.08. The van der Waals surface area contributed by atoms with E-state index in [1.54, 1.807) is 0 Å². The number of anilines is 1. The van der Waals surface area contributed by atoms with Gasteiger partial charge in [0.2, 0.25) is 4.77 Å². The van der Waals surface area contributed by atoms with E-state index in [0.717, 1.165) is 10.8 Å². The van der Waals surface area contributed by atoms with Gasteiger partial charge in [0.15, 0.2) is 23.5 Å². The summed E-state index contributed by atoms with van der Waals surface area (Å²) in [5, 5.41) is 29.1. The Morgan fingerprint density at radius 2 is 2.30 bits per heavy atom. The molecule has 1 aliphatic heterocycles. The van der Waals surface area contributed by atoms with Gasteiger partial charge in [-0.1, -0.05) is 5.92 Å². The molecule has 20 heavy (non-hydrogen) atoms. The quantitative estimate of drug-likeness (QED) is 0.407. The summed E-state index contributed by atoms with van der Waals surface area (Å²) in [4.78, 5) is 3.57. The van der Waals surface area contributed by atoms with Crippen molar-refractivity contribution in [3.8, 4) is 12.3 Å². The number of aliphatic hydroxyl groups is 3. The second-order valence-electron chi connectivity index (χ2n) is 4.30. The summed E-state index contributed by atoms with van der Waals surface area (Å²) >= 11 is 4.89. The van der Waals surface area contributed by atoms with E-state index in [2.05, 4.69) is 10.9 Å². The molecule has 2 heterocycles. The number of terminal acetylenes is 1. The van der Waals surface area contributed by atoms with Crippen LogP contribution in [-0.4, -0.2) is 49.3 Å². The minimum atomic E-state index is -1.79. The molecule has 1 fully saturated rings. The molecule has 9 heteroatoms. The van der Waals surface area contributed by atoms with Gasteiger partial charge in [-0.3, -0.25) is 4.57 Å². The number of rotatable bonds is 2. The van der Waals surface area contributed by atoms with E-state index < -0.39 is 42.3 Å². The van der Waals surface area contributed by atoms with Crippen molar-refractivity contribution in [2.75, 3.05) is 12.3 Å². The maximum Gasteiger partial charge on any atom is 0.203 e. The molecule has 1 aliphatic rings. The number of aliphatic hydroxyl groups excluding tert-OH is 3. The van der Waals surface area contributed by atoms with E-state index in [1.165, 1.54) is 0 Å². The number of aromatic nitrogens is 2.